The highest BCUT2D eigenvalue weighted by molar-refractivity contribution is 5.93. The molecule has 0 saturated carbocycles. The van der Waals surface area contributed by atoms with E-state index in [-0.39, 0.29) is 17.8 Å². The van der Waals surface area contributed by atoms with E-state index < -0.39 is 0 Å². The molecule has 0 atom stereocenters. The van der Waals surface area contributed by atoms with Crippen molar-refractivity contribution < 1.29 is 14.3 Å². The number of carbonyl (C=O) groups excluding carboxylic acids is 2. The molecule has 116 valence electrons. The van der Waals surface area contributed by atoms with Crippen LogP contribution in [0.2, 0.25) is 0 Å². The number of hydrogen-bond acceptors (Lipinski definition) is 3. The Morgan fingerprint density at radius 2 is 2.00 bits per heavy atom. The van der Waals surface area contributed by atoms with Crippen LogP contribution < -0.4 is 0 Å². The maximum Gasteiger partial charge on any atom is 0.309 e. The van der Waals surface area contributed by atoms with Crippen molar-refractivity contribution in [1.82, 2.24) is 9.47 Å². The number of carbonyl (C=O) groups is 2. The van der Waals surface area contributed by atoms with Crippen molar-refractivity contribution in [2.24, 2.45) is 5.92 Å². The van der Waals surface area contributed by atoms with Crippen LogP contribution in [0.4, 0.5) is 0 Å². The Hall–Kier alpha value is -1.78. The molecule has 1 aromatic rings. The van der Waals surface area contributed by atoms with Gasteiger partial charge in [-0.1, -0.05) is 6.92 Å². The number of esters is 1. The molecule has 1 aliphatic heterocycles. The first kappa shape index (κ1) is 15.6. The minimum Gasteiger partial charge on any atom is -0.466 e. The summed E-state index contributed by atoms with van der Waals surface area (Å²) in [7, 11) is 0. The number of aryl methyl sites for hydroxylation is 1. The van der Waals surface area contributed by atoms with E-state index in [2.05, 4.69) is 6.92 Å². The van der Waals surface area contributed by atoms with E-state index >= 15 is 0 Å². The third kappa shape index (κ3) is 3.65. The molecule has 5 nitrogen and oxygen atoms in total. The molecule has 0 aromatic carbocycles. The Balaban J connectivity index is 1.94. The summed E-state index contributed by atoms with van der Waals surface area (Å²) in [5.41, 5.74) is 0.742. The van der Waals surface area contributed by atoms with Gasteiger partial charge < -0.3 is 14.2 Å². The predicted octanol–water partition coefficient (Wildman–Crippen LogP) is 2.31. The minimum absolute atomic E-state index is 0.0589. The lowest BCUT2D eigenvalue weighted by Crippen LogP contribution is -2.41. The lowest BCUT2D eigenvalue weighted by Gasteiger charge is -2.31. The minimum atomic E-state index is -0.126. The Bertz CT molecular complexity index is 487. The average Bonchev–Trinajstić information content (AvgIpc) is 2.95. The number of rotatable bonds is 5. The largest absolute Gasteiger partial charge is 0.466 e. The Labute approximate surface area is 125 Å². The monoisotopic (exact) mass is 292 g/mol. The van der Waals surface area contributed by atoms with Crippen LogP contribution in [-0.4, -0.2) is 41.0 Å². The van der Waals surface area contributed by atoms with Gasteiger partial charge in [0.05, 0.1) is 12.5 Å². The topological polar surface area (TPSA) is 51.5 Å². The molecule has 0 N–H and O–H groups in total. The van der Waals surface area contributed by atoms with Crippen molar-refractivity contribution in [2.45, 2.75) is 39.7 Å². The van der Waals surface area contributed by atoms with Crippen molar-refractivity contribution in [3.63, 3.8) is 0 Å². The molecule has 0 bridgehead atoms. The summed E-state index contributed by atoms with van der Waals surface area (Å²) in [4.78, 5) is 26.1. The molecule has 1 fully saturated rings. The molecule has 1 aromatic heterocycles. The Kier molecular flexibility index (Phi) is 5.42. The van der Waals surface area contributed by atoms with Gasteiger partial charge in [-0.2, -0.15) is 0 Å². The van der Waals surface area contributed by atoms with Gasteiger partial charge in [0, 0.05) is 25.8 Å². The molecule has 1 saturated heterocycles. The van der Waals surface area contributed by atoms with Gasteiger partial charge in [-0.25, -0.2) is 0 Å². The Morgan fingerprint density at radius 3 is 2.62 bits per heavy atom. The number of nitrogens with zero attached hydrogens (tertiary/aromatic N) is 2. The zero-order valence-electron chi connectivity index (χ0n) is 12.9. The quantitative estimate of drug-likeness (QED) is 0.783. The maximum atomic E-state index is 12.5. The summed E-state index contributed by atoms with van der Waals surface area (Å²) in [6.45, 7) is 6.44. The van der Waals surface area contributed by atoms with Crippen molar-refractivity contribution in [3.8, 4) is 0 Å². The van der Waals surface area contributed by atoms with Gasteiger partial charge in [0.1, 0.15) is 5.69 Å². The molecule has 5 heteroatoms. The summed E-state index contributed by atoms with van der Waals surface area (Å²) in [5.74, 6) is -0.119. The highest BCUT2D eigenvalue weighted by atomic mass is 16.5. The molecular weight excluding hydrogens is 268 g/mol. The van der Waals surface area contributed by atoms with Gasteiger partial charge in [0.25, 0.3) is 5.91 Å². The van der Waals surface area contributed by atoms with E-state index in [1.54, 1.807) is 0 Å². The number of aromatic nitrogens is 1. The lowest BCUT2D eigenvalue weighted by atomic mass is 9.97. The van der Waals surface area contributed by atoms with E-state index in [4.69, 9.17) is 4.74 Å². The van der Waals surface area contributed by atoms with Crippen molar-refractivity contribution in [3.05, 3.63) is 24.0 Å². The van der Waals surface area contributed by atoms with Crippen LogP contribution in [-0.2, 0) is 16.1 Å². The molecule has 21 heavy (non-hydrogen) atoms. The summed E-state index contributed by atoms with van der Waals surface area (Å²) >= 11 is 0. The molecule has 0 radical (unpaired) electrons. The zero-order chi connectivity index (χ0) is 15.2. The lowest BCUT2D eigenvalue weighted by molar-refractivity contribution is -0.149. The maximum absolute atomic E-state index is 12.5. The summed E-state index contributed by atoms with van der Waals surface area (Å²) in [5, 5.41) is 0. The van der Waals surface area contributed by atoms with Crippen molar-refractivity contribution >= 4 is 11.9 Å². The van der Waals surface area contributed by atoms with E-state index in [1.165, 1.54) is 0 Å². The summed E-state index contributed by atoms with van der Waals surface area (Å²) < 4.78 is 7.05. The summed E-state index contributed by atoms with van der Waals surface area (Å²) in [6, 6.07) is 3.78. The highest BCUT2D eigenvalue weighted by Gasteiger charge is 2.29. The fourth-order valence-corrected chi connectivity index (χ4v) is 2.78. The normalized spacial score (nSPS) is 16.0. The number of likely N-dealkylation sites (tertiary alicyclic amines) is 1. The molecule has 2 heterocycles. The second kappa shape index (κ2) is 7.29. The standard InChI is InChI=1S/C16H24N2O3/c1-3-9-17-10-5-6-14(17)15(19)18-11-7-13(8-12-18)16(20)21-4-2/h5-6,10,13H,3-4,7-9,11-12H2,1-2H3. The molecule has 0 unspecified atom stereocenters. The van der Waals surface area contributed by atoms with Crippen LogP contribution in [0.25, 0.3) is 0 Å². The number of ether oxygens (including phenoxy) is 1. The Morgan fingerprint density at radius 1 is 1.29 bits per heavy atom. The molecule has 0 spiro atoms. The van der Waals surface area contributed by atoms with Gasteiger partial charge >= 0.3 is 5.97 Å². The average molecular weight is 292 g/mol. The van der Waals surface area contributed by atoms with Gasteiger partial charge in [-0.15, -0.1) is 0 Å². The molecule has 1 amide bonds. The first-order valence-electron chi connectivity index (χ1n) is 7.78. The van der Waals surface area contributed by atoms with Gasteiger partial charge in [0.2, 0.25) is 0 Å². The van der Waals surface area contributed by atoms with Crippen LogP contribution in [0, 0.1) is 5.92 Å². The van der Waals surface area contributed by atoms with Gasteiger partial charge in [-0.05, 0) is 38.3 Å². The van der Waals surface area contributed by atoms with Crippen LogP contribution in [0.15, 0.2) is 18.3 Å². The van der Waals surface area contributed by atoms with Crippen LogP contribution in [0.1, 0.15) is 43.6 Å². The SMILES string of the molecule is CCCn1cccc1C(=O)N1CCC(C(=O)OCC)CC1. The van der Waals surface area contributed by atoms with Gasteiger partial charge in [-0.3, -0.25) is 9.59 Å². The van der Waals surface area contributed by atoms with Crippen molar-refractivity contribution in [2.75, 3.05) is 19.7 Å². The zero-order valence-corrected chi connectivity index (χ0v) is 12.9. The van der Waals surface area contributed by atoms with E-state index in [0.29, 0.717) is 32.5 Å². The fourth-order valence-electron chi connectivity index (χ4n) is 2.78. The predicted molar refractivity (Wildman–Crippen MR) is 80.0 cm³/mol. The van der Waals surface area contributed by atoms with Crippen LogP contribution in [0.3, 0.4) is 0 Å². The second-order valence-corrected chi connectivity index (χ2v) is 5.41. The van der Waals surface area contributed by atoms with E-state index in [9.17, 15) is 9.59 Å². The first-order valence-corrected chi connectivity index (χ1v) is 7.78. The smallest absolute Gasteiger partial charge is 0.309 e. The summed E-state index contributed by atoms with van der Waals surface area (Å²) in [6.07, 6.45) is 4.33. The number of amides is 1. The highest BCUT2D eigenvalue weighted by Crippen LogP contribution is 2.20. The van der Waals surface area contributed by atoms with Crippen LogP contribution in [0.5, 0.6) is 0 Å². The second-order valence-electron chi connectivity index (χ2n) is 5.41. The van der Waals surface area contributed by atoms with Crippen LogP contribution >= 0.6 is 0 Å². The van der Waals surface area contributed by atoms with E-state index in [1.807, 2.05) is 34.7 Å². The molecule has 1 aliphatic rings. The fraction of sp³-hybridized carbons (Fsp3) is 0.625. The van der Waals surface area contributed by atoms with Crippen molar-refractivity contribution in [1.29, 1.82) is 0 Å². The molecule has 2 rings (SSSR count). The number of hydrogen-bond donors (Lipinski definition) is 0. The third-order valence-corrected chi connectivity index (χ3v) is 3.92. The van der Waals surface area contributed by atoms with Gasteiger partial charge in [0.15, 0.2) is 0 Å². The first-order chi connectivity index (χ1) is 10.2. The molecular formula is C16H24N2O3. The number of piperidine rings is 1. The third-order valence-electron chi connectivity index (χ3n) is 3.92. The van der Waals surface area contributed by atoms with E-state index in [0.717, 1.165) is 18.7 Å². The molecule has 0 aliphatic carbocycles.